The summed E-state index contributed by atoms with van der Waals surface area (Å²) in [6.45, 7) is 14.9. The number of halogens is 3. The number of nitrogens with zero attached hydrogens (tertiary/aromatic N) is 6. The molecule has 2 saturated carbocycles. The van der Waals surface area contributed by atoms with Gasteiger partial charge in [0, 0.05) is 89.8 Å². The van der Waals surface area contributed by atoms with Gasteiger partial charge in [0.2, 0.25) is 5.91 Å². The van der Waals surface area contributed by atoms with Gasteiger partial charge in [0.25, 0.3) is 5.91 Å². The summed E-state index contributed by atoms with van der Waals surface area (Å²) in [5, 5.41) is 7.82. The van der Waals surface area contributed by atoms with Gasteiger partial charge in [0.05, 0.1) is 68.3 Å². The van der Waals surface area contributed by atoms with Crippen molar-refractivity contribution >= 4 is 40.0 Å². The first kappa shape index (κ1) is 50.6. The lowest BCUT2D eigenvalue weighted by Crippen LogP contribution is -2.72. The van der Waals surface area contributed by atoms with Gasteiger partial charge in [-0.2, -0.15) is 13.2 Å². The number of nitrogens with one attached hydrogen (secondary N) is 2. The SMILES string of the molecule is CO[C@@H](C)c1ncc(C#C[C@@H](C)N2CCOCC2)cc1-c1c2c3cc(ccc3n1CC(F)(F)F)-c1csc(n1)[C@@H](N1CCOCC1)[C@H](NC(=O)C1[C@@H](C)[C@H]1C)C(=O)N1N[C@H](C(=O)OCC(C)(C)C2)C2CC1C2. The molecule has 2 amide bonds. The molecule has 2 N–H and O–H groups in total. The molecule has 11 rings (SSSR count). The highest BCUT2D eigenvalue weighted by atomic mass is 32.1. The molecule has 15 nitrogen and oxygen atoms in total. The van der Waals surface area contributed by atoms with Crippen LogP contribution in [0.3, 0.4) is 0 Å². The van der Waals surface area contributed by atoms with E-state index < -0.39 is 48.3 Å². The second-order valence-electron chi connectivity index (χ2n) is 21.4. The molecule has 0 spiro atoms. The van der Waals surface area contributed by atoms with Crippen molar-refractivity contribution in [2.24, 2.45) is 29.1 Å². The van der Waals surface area contributed by atoms with Crippen LogP contribution in [0.2, 0.25) is 0 Å². The maximum absolute atomic E-state index is 15.2. The predicted octanol–water partition coefficient (Wildman–Crippen LogP) is 6.55. The molecule has 4 saturated heterocycles. The number of amides is 2. The molecular formula is C53H65F3N8O7S. The summed E-state index contributed by atoms with van der Waals surface area (Å²) in [5.41, 5.74) is 6.37. The molecule has 1 aromatic carbocycles. The number of carbonyl (C=O) groups excluding carboxylic acids is 3. The number of alkyl halides is 3. The summed E-state index contributed by atoms with van der Waals surface area (Å²) < 4.78 is 70.1. The zero-order chi connectivity index (χ0) is 50.8. The highest BCUT2D eigenvalue weighted by Gasteiger charge is 2.54. The van der Waals surface area contributed by atoms with Gasteiger partial charge in [-0.15, -0.1) is 11.3 Å². The minimum absolute atomic E-state index is 0.0747. The predicted molar refractivity (Wildman–Crippen MR) is 264 cm³/mol. The number of hydrogen-bond acceptors (Lipinski definition) is 13. The number of hydrogen-bond donors (Lipinski definition) is 2. The Hall–Kier alpha value is -4.94. The third-order valence-electron chi connectivity index (χ3n) is 16.0. The van der Waals surface area contributed by atoms with Crippen LogP contribution in [-0.2, 0) is 46.3 Å². The lowest BCUT2D eigenvalue weighted by atomic mass is 9.73. The second kappa shape index (κ2) is 20.1. The standard InChI is InChI=1S/C53H65F3N8O7S/c1-29(61-12-16-69-17-13-61)8-9-33-20-38(43(57-25-33)32(4)68-7)46-39-24-52(5,6)28-71-51(67)44-35-21-36(22-35)64(60-44)50(66)45(59-48(65)42-30(2)31(42)3)47(62-14-18-70-19-15-62)49-58-40(26-72-49)34-10-11-41(37(39)23-34)63(46)27-53(54,55)56/h10-11,20,23,25-26,29-32,35-36,42,44-45,47,60H,12-19,21-22,24,27-28H2,1-7H3,(H,59,65)/t29-,30-,31+,32+,35?,36?,42?,44+,45+,47+/m1/s1. The Morgan fingerprint density at radius 2 is 1.75 bits per heavy atom. The van der Waals surface area contributed by atoms with E-state index in [-0.39, 0.29) is 60.6 Å². The zero-order valence-electron chi connectivity index (χ0n) is 42.0. The Morgan fingerprint density at radius 1 is 1.04 bits per heavy atom. The zero-order valence-corrected chi connectivity index (χ0v) is 42.8. The number of cyclic esters (lactones) is 1. The molecule has 8 heterocycles. The van der Waals surface area contributed by atoms with Crippen molar-refractivity contribution in [3.05, 3.63) is 57.7 Å². The van der Waals surface area contributed by atoms with Gasteiger partial charge in [0.15, 0.2) is 0 Å². The Bertz CT molecular complexity index is 2760. The van der Waals surface area contributed by atoms with Gasteiger partial charge in [-0.05, 0) is 74.6 Å². The van der Waals surface area contributed by atoms with Crippen molar-refractivity contribution in [1.29, 1.82) is 0 Å². The fourth-order valence-electron chi connectivity index (χ4n) is 11.4. The lowest BCUT2D eigenvalue weighted by molar-refractivity contribution is -0.172. The van der Waals surface area contributed by atoms with Crippen molar-refractivity contribution in [2.75, 3.05) is 66.3 Å². The molecule has 8 bridgehead atoms. The van der Waals surface area contributed by atoms with E-state index in [4.69, 9.17) is 28.9 Å². The monoisotopic (exact) mass is 1010 g/mol. The van der Waals surface area contributed by atoms with Crippen LogP contribution in [0.1, 0.15) is 88.4 Å². The first-order chi connectivity index (χ1) is 34.4. The van der Waals surface area contributed by atoms with Crippen LogP contribution in [0.15, 0.2) is 35.8 Å². The van der Waals surface area contributed by atoms with Crippen molar-refractivity contribution in [2.45, 2.75) is 110 Å². The fraction of sp³-hybridized carbons (Fsp3) is 0.604. The van der Waals surface area contributed by atoms with Crippen LogP contribution >= 0.6 is 11.3 Å². The van der Waals surface area contributed by atoms with Crippen LogP contribution in [0.4, 0.5) is 13.2 Å². The van der Waals surface area contributed by atoms with Crippen LogP contribution < -0.4 is 10.7 Å². The van der Waals surface area contributed by atoms with E-state index in [9.17, 15) is 9.59 Å². The number of rotatable bonds is 8. The highest BCUT2D eigenvalue weighted by molar-refractivity contribution is 7.10. The molecule has 386 valence electrons. The minimum Gasteiger partial charge on any atom is -0.464 e. The molecule has 72 heavy (non-hydrogen) atoms. The Labute approximate surface area is 422 Å². The Morgan fingerprint density at radius 3 is 2.43 bits per heavy atom. The first-order valence-electron chi connectivity index (χ1n) is 25.3. The number of morpholine rings is 2. The van der Waals surface area contributed by atoms with E-state index in [1.807, 2.05) is 59.1 Å². The first-order valence-corrected chi connectivity index (χ1v) is 26.2. The molecule has 4 aromatic rings. The molecular weight excluding hydrogens is 950 g/mol. The normalized spacial score (nSPS) is 28.8. The maximum atomic E-state index is 15.2. The van der Waals surface area contributed by atoms with Gasteiger partial charge in [-0.1, -0.05) is 45.6 Å². The molecule has 19 heteroatoms. The number of fused-ring (bicyclic) bond motifs is 4. The lowest BCUT2D eigenvalue weighted by Gasteiger charge is -2.53. The summed E-state index contributed by atoms with van der Waals surface area (Å²) in [6.07, 6.45) is -2.24. The van der Waals surface area contributed by atoms with Crippen LogP contribution in [0.25, 0.3) is 33.4 Å². The van der Waals surface area contributed by atoms with Crippen LogP contribution in [0.5, 0.6) is 0 Å². The molecule has 5 aliphatic heterocycles. The summed E-state index contributed by atoms with van der Waals surface area (Å²) >= 11 is 1.37. The van der Waals surface area contributed by atoms with E-state index in [0.29, 0.717) is 108 Å². The van der Waals surface area contributed by atoms with Crippen molar-refractivity contribution in [3.63, 3.8) is 0 Å². The van der Waals surface area contributed by atoms with E-state index in [1.165, 1.54) is 15.9 Å². The van der Waals surface area contributed by atoms with Gasteiger partial charge in [-0.25, -0.2) is 10.4 Å². The van der Waals surface area contributed by atoms with E-state index in [1.54, 1.807) is 30.4 Å². The third kappa shape index (κ3) is 10.0. The number of methoxy groups -OCH3 is 1. The molecule has 6 fully saturated rings. The summed E-state index contributed by atoms with van der Waals surface area (Å²) in [5.74, 6) is 5.51. The van der Waals surface area contributed by atoms with Gasteiger partial charge in [-0.3, -0.25) is 34.2 Å². The highest BCUT2D eigenvalue weighted by Crippen LogP contribution is 2.47. The van der Waals surface area contributed by atoms with Crippen LogP contribution in [0, 0.1) is 40.9 Å². The van der Waals surface area contributed by atoms with Crippen molar-refractivity contribution < 1.29 is 46.5 Å². The number of benzene rings is 1. The number of pyridine rings is 1. The van der Waals surface area contributed by atoms with E-state index >= 15 is 18.0 Å². The topological polar surface area (TPSA) is 153 Å². The van der Waals surface area contributed by atoms with Crippen molar-refractivity contribution in [1.82, 2.24) is 40.1 Å². The fourth-order valence-corrected chi connectivity index (χ4v) is 12.4. The Kier molecular flexibility index (Phi) is 14.1. The average molecular weight is 1020 g/mol. The maximum Gasteiger partial charge on any atom is 0.406 e. The third-order valence-corrected chi connectivity index (χ3v) is 16.9. The van der Waals surface area contributed by atoms with E-state index in [2.05, 4.69) is 32.4 Å². The van der Waals surface area contributed by atoms with Crippen LogP contribution in [-0.4, -0.2) is 144 Å². The van der Waals surface area contributed by atoms with Gasteiger partial charge < -0.3 is 28.8 Å². The molecule has 2 aliphatic carbocycles. The van der Waals surface area contributed by atoms with Gasteiger partial charge >= 0.3 is 12.1 Å². The molecule has 3 aromatic heterocycles. The number of esters is 1. The molecule has 0 radical (unpaired) electrons. The minimum atomic E-state index is -4.63. The smallest absolute Gasteiger partial charge is 0.406 e. The summed E-state index contributed by atoms with van der Waals surface area (Å²) in [6, 6.07) is 4.28. The number of thiazole rings is 1. The van der Waals surface area contributed by atoms with Crippen molar-refractivity contribution in [3.8, 4) is 34.4 Å². The number of carbonyl (C=O) groups is 3. The molecule has 7 aliphatic rings. The molecule has 8 atom stereocenters. The second-order valence-corrected chi connectivity index (χ2v) is 22.3. The van der Waals surface area contributed by atoms with E-state index in [0.717, 1.165) is 13.1 Å². The summed E-state index contributed by atoms with van der Waals surface area (Å²) in [7, 11) is 1.54. The molecule has 1 unspecified atom stereocenters. The number of ether oxygens (including phenoxy) is 4. The number of hydrazine groups is 1. The average Bonchev–Trinajstić information content (AvgIpc) is 3.60. The number of aromatic nitrogens is 3. The Balaban J connectivity index is 1.15. The summed E-state index contributed by atoms with van der Waals surface area (Å²) in [4.78, 5) is 58.2. The quantitative estimate of drug-likeness (QED) is 0.146. The van der Waals surface area contributed by atoms with Gasteiger partial charge in [0.1, 0.15) is 23.6 Å². The largest absolute Gasteiger partial charge is 0.464 e.